The van der Waals surface area contributed by atoms with Crippen molar-refractivity contribution in [2.75, 3.05) is 18.5 Å². The minimum absolute atomic E-state index is 0.256. The Balaban J connectivity index is 2.45. The number of amides is 1. The molecule has 4 N–H and O–H groups in total. The van der Waals surface area contributed by atoms with E-state index in [2.05, 4.69) is 5.32 Å². The number of rotatable bonds is 7. The lowest BCUT2D eigenvalue weighted by atomic mass is 10.1. The number of aliphatic hydroxyl groups excluding tert-OH is 1. The van der Waals surface area contributed by atoms with Gasteiger partial charge in [0, 0.05) is 24.4 Å². The lowest BCUT2D eigenvalue weighted by Crippen LogP contribution is -2.13. The Morgan fingerprint density at radius 3 is 2.71 bits per heavy atom. The zero-order valence-corrected chi connectivity index (χ0v) is 10.2. The molecule has 0 fully saturated rings. The Morgan fingerprint density at radius 2 is 2.12 bits per heavy atom. The van der Waals surface area contributed by atoms with Gasteiger partial charge in [0.25, 0.3) is 0 Å². The monoisotopic (exact) mass is 236 g/mol. The highest BCUT2D eigenvalue weighted by atomic mass is 16.2. The first-order valence-corrected chi connectivity index (χ1v) is 5.90. The molecule has 1 rings (SSSR count). The molecule has 0 unspecified atom stereocenters. The van der Waals surface area contributed by atoms with E-state index in [1.165, 1.54) is 0 Å². The van der Waals surface area contributed by atoms with Crippen LogP contribution in [-0.2, 0) is 0 Å². The molecule has 1 aromatic carbocycles. The Bertz CT molecular complexity index is 378. The van der Waals surface area contributed by atoms with Crippen molar-refractivity contribution in [2.24, 2.45) is 5.73 Å². The van der Waals surface area contributed by atoms with E-state index in [4.69, 9.17) is 10.8 Å². The summed E-state index contributed by atoms with van der Waals surface area (Å²) < 4.78 is 0. The van der Waals surface area contributed by atoms with Gasteiger partial charge in [0.05, 0.1) is 0 Å². The van der Waals surface area contributed by atoms with Crippen LogP contribution in [0.5, 0.6) is 0 Å². The van der Waals surface area contributed by atoms with E-state index < -0.39 is 5.91 Å². The summed E-state index contributed by atoms with van der Waals surface area (Å²) in [5.41, 5.74) is 7.69. The van der Waals surface area contributed by atoms with Gasteiger partial charge in [-0.25, -0.2) is 0 Å². The number of aliphatic hydroxyl groups is 1. The Hall–Kier alpha value is -1.55. The molecule has 94 valence electrons. The first-order chi connectivity index (χ1) is 8.15. The predicted octanol–water partition coefficient (Wildman–Crippen LogP) is 1.67. The second-order valence-corrected chi connectivity index (χ2v) is 4.10. The topological polar surface area (TPSA) is 75.3 Å². The molecule has 1 amide bonds. The number of anilines is 1. The maximum Gasteiger partial charge on any atom is 0.248 e. The van der Waals surface area contributed by atoms with Crippen molar-refractivity contribution in [1.29, 1.82) is 0 Å². The van der Waals surface area contributed by atoms with Crippen molar-refractivity contribution < 1.29 is 9.90 Å². The van der Waals surface area contributed by atoms with Gasteiger partial charge in [-0.2, -0.15) is 0 Å². The second-order valence-electron chi connectivity index (χ2n) is 4.10. The molecule has 0 saturated carbocycles. The van der Waals surface area contributed by atoms with Crippen LogP contribution >= 0.6 is 0 Å². The van der Waals surface area contributed by atoms with E-state index in [0.717, 1.165) is 37.1 Å². The SMILES string of the molecule is Cc1cc(NCCCCCO)ccc1C(N)=O. The van der Waals surface area contributed by atoms with E-state index in [0.29, 0.717) is 5.56 Å². The van der Waals surface area contributed by atoms with Crippen LogP contribution in [0.4, 0.5) is 5.69 Å². The van der Waals surface area contributed by atoms with E-state index in [1.54, 1.807) is 6.07 Å². The average Bonchev–Trinajstić information content (AvgIpc) is 2.28. The van der Waals surface area contributed by atoms with Crippen LogP contribution in [0.1, 0.15) is 35.2 Å². The number of nitrogens with one attached hydrogen (secondary N) is 1. The third-order valence-electron chi connectivity index (χ3n) is 2.66. The van der Waals surface area contributed by atoms with Crippen LogP contribution in [-0.4, -0.2) is 24.2 Å². The van der Waals surface area contributed by atoms with Crippen molar-refractivity contribution in [3.05, 3.63) is 29.3 Å². The fourth-order valence-electron chi connectivity index (χ4n) is 1.70. The molecule has 0 aliphatic heterocycles. The summed E-state index contributed by atoms with van der Waals surface area (Å²) in [5, 5.41) is 11.9. The maximum atomic E-state index is 11.0. The van der Waals surface area contributed by atoms with E-state index >= 15 is 0 Å². The molecule has 0 bridgehead atoms. The number of hydrogen-bond donors (Lipinski definition) is 3. The number of unbranched alkanes of at least 4 members (excludes halogenated alkanes) is 2. The van der Waals surface area contributed by atoms with Gasteiger partial charge in [-0.05, 0) is 49.9 Å². The van der Waals surface area contributed by atoms with Crippen molar-refractivity contribution >= 4 is 11.6 Å². The Labute approximate surface area is 102 Å². The van der Waals surface area contributed by atoms with E-state index in [9.17, 15) is 4.79 Å². The van der Waals surface area contributed by atoms with Gasteiger partial charge in [0.15, 0.2) is 0 Å². The third-order valence-corrected chi connectivity index (χ3v) is 2.66. The predicted molar refractivity (Wildman–Crippen MR) is 69.1 cm³/mol. The van der Waals surface area contributed by atoms with Crippen LogP contribution in [0, 0.1) is 6.92 Å². The van der Waals surface area contributed by atoms with Gasteiger partial charge >= 0.3 is 0 Å². The molecule has 17 heavy (non-hydrogen) atoms. The molecule has 4 nitrogen and oxygen atoms in total. The number of nitrogens with two attached hydrogens (primary N) is 1. The maximum absolute atomic E-state index is 11.0. The summed E-state index contributed by atoms with van der Waals surface area (Å²) in [6, 6.07) is 5.53. The first kappa shape index (κ1) is 13.5. The van der Waals surface area contributed by atoms with Crippen LogP contribution in [0.3, 0.4) is 0 Å². The van der Waals surface area contributed by atoms with Gasteiger partial charge in [-0.3, -0.25) is 4.79 Å². The van der Waals surface area contributed by atoms with E-state index in [-0.39, 0.29) is 6.61 Å². The fraction of sp³-hybridized carbons (Fsp3) is 0.462. The molecule has 0 atom stereocenters. The summed E-state index contributed by atoms with van der Waals surface area (Å²) in [7, 11) is 0. The summed E-state index contributed by atoms with van der Waals surface area (Å²) >= 11 is 0. The smallest absolute Gasteiger partial charge is 0.248 e. The van der Waals surface area contributed by atoms with Gasteiger partial charge in [-0.15, -0.1) is 0 Å². The highest BCUT2D eigenvalue weighted by Crippen LogP contribution is 2.14. The fourth-order valence-corrected chi connectivity index (χ4v) is 1.70. The van der Waals surface area contributed by atoms with Crippen LogP contribution in [0.2, 0.25) is 0 Å². The standard InChI is InChI=1S/C13H20N2O2/c1-10-9-11(5-6-12(10)13(14)17)15-7-3-2-4-8-16/h5-6,9,15-16H,2-4,7-8H2,1H3,(H2,14,17). The number of aryl methyl sites for hydroxylation is 1. The minimum atomic E-state index is -0.392. The van der Waals surface area contributed by atoms with Gasteiger partial charge in [0.2, 0.25) is 5.91 Å². The quantitative estimate of drug-likeness (QED) is 0.630. The van der Waals surface area contributed by atoms with Crippen molar-refractivity contribution in [2.45, 2.75) is 26.2 Å². The normalized spacial score (nSPS) is 10.2. The molecule has 0 heterocycles. The molecular formula is C13H20N2O2. The zero-order chi connectivity index (χ0) is 12.7. The van der Waals surface area contributed by atoms with Gasteiger partial charge in [0.1, 0.15) is 0 Å². The molecule has 0 spiro atoms. The van der Waals surface area contributed by atoms with Gasteiger partial charge in [-0.1, -0.05) is 0 Å². The van der Waals surface area contributed by atoms with Crippen LogP contribution in [0.15, 0.2) is 18.2 Å². The van der Waals surface area contributed by atoms with Gasteiger partial charge < -0.3 is 16.2 Å². The average molecular weight is 236 g/mol. The molecule has 4 heteroatoms. The molecule has 0 aromatic heterocycles. The zero-order valence-electron chi connectivity index (χ0n) is 10.2. The molecule has 0 aliphatic carbocycles. The molecule has 1 aromatic rings. The number of carbonyl (C=O) groups excluding carboxylic acids is 1. The summed E-state index contributed by atoms with van der Waals surface area (Å²) in [4.78, 5) is 11.0. The van der Waals surface area contributed by atoms with Crippen molar-refractivity contribution in [1.82, 2.24) is 0 Å². The summed E-state index contributed by atoms with van der Waals surface area (Å²) in [5.74, 6) is -0.392. The lowest BCUT2D eigenvalue weighted by Gasteiger charge is -2.08. The second kappa shape index (κ2) is 6.91. The largest absolute Gasteiger partial charge is 0.396 e. The molecule has 0 aliphatic rings. The van der Waals surface area contributed by atoms with Crippen LogP contribution in [0.25, 0.3) is 0 Å². The summed E-state index contributed by atoms with van der Waals surface area (Å²) in [6.07, 6.45) is 2.89. The number of hydrogen-bond acceptors (Lipinski definition) is 3. The molecular weight excluding hydrogens is 216 g/mol. The summed E-state index contributed by atoms with van der Waals surface area (Å²) in [6.45, 7) is 3.00. The Kier molecular flexibility index (Phi) is 5.49. The lowest BCUT2D eigenvalue weighted by molar-refractivity contribution is 0.1000. The van der Waals surface area contributed by atoms with Crippen molar-refractivity contribution in [3.8, 4) is 0 Å². The van der Waals surface area contributed by atoms with Crippen LogP contribution < -0.4 is 11.1 Å². The van der Waals surface area contributed by atoms with E-state index in [1.807, 2.05) is 19.1 Å². The van der Waals surface area contributed by atoms with Crippen molar-refractivity contribution in [3.63, 3.8) is 0 Å². The number of benzene rings is 1. The first-order valence-electron chi connectivity index (χ1n) is 5.90. The highest BCUT2D eigenvalue weighted by molar-refractivity contribution is 5.94. The highest BCUT2D eigenvalue weighted by Gasteiger charge is 2.04. The third kappa shape index (κ3) is 4.44. The molecule has 0 saturated heterocycles. The number of carbonyl (C=O) groups is 1. The Morgan fingerprint density at radius 1 is 1.35 bits per heavy atom. The number of primary amides is 1. The molecule has 0 radical (unpaired) electrons. The minimum Gasteiger partial charge on any atom is -0.396 e.